The van der Waals surface area contributed by atoms with Gasteiger partial charge in [-0.15, -0.1) is 0 Å². The van der Waals surface area contributed by atoms with Gasteiger partial charge in [0.15, 0.2) is 0 Å². The number of hydrogen-bond acceptors (Lipinski definition) is 3. The molecule has 4 heteroatoms. The number of pyridine rings is 1. The lowest BCUT2D eigenvalue weighted by molar-refractivity contribution is 0.371. The van der Waals surface area contributed by atoms with Gasteiger partial charge < -0.3 is 9.88 Å². The second kappa shape index (κ2) is 4.98. The van der Waals surface area contributed by atoms with Crippen LogP contribution in [0.5, 0.6) is 0 Å². The summed E-state index contributed by atoms with van der Waals surface area (Å²) in [5, 5.41) is 3.77. The molecule has 1 aliphatic rings. The van der Waals surface area contributed by atoms with E-state index in [1.54, 1.807) is 0 Å². The normalized spacial score (nSPS) is 19.1. The molecular weight excluding hydrogens is 272 g/mol. The van der Waals surface area contributed by atoms with Crippen LogP contribution in [-0.2, 0) is 5.66 Å². The lowest BCUT2D eigenvalue weighted by Crippen LogP contribution is -2.45. The van der Waals surface area contributed by atoms with Crippen molar-refractivity contribution in [3.63, 3.8) is 0 Å². The van der Waals surface area contributed by atoms with E-state index >= 15 is 0 Å². The van der Waals surface area contributed by atoms with Crippen molar-refractivity contribution in [2.45, 2.75) is 25.4 Å². The third-order valence-corrected chi connectivity index (χ3v) is 4.33. The molecule has 0 saturated heterocycles. The number of nitrogens with zero attached hydrogens (tertiary/aromatic N) is 3. The number of hydrogen-bond donors (Lipinski definition) is 1. The Hall–Kier alpha value is -2.62. The first-order chi connectivity index (χ1) is 10.8. The third-order valence-electron chi connectivity index (χ3n) is 4.33. The summed E-state index contributed by atoms with van der Waals surface area (Å²) >= 11 is 0. The zero-order chi connectivity index (χ0) is 15.0. The molecule has 3 heterocycles. The Morgan fingerprint density at radius 3 is 2.73 bits per heavy atom. The largest absolute Gasteiger partial charge is 0.358 e. The molecule has 0 spiro atoms. The summed E-state index contributed by atoms with van der Waals surface area (Å²) < 4.78 is 2.26. The van der Waals surface area contributed by atoms with Gasteiger partial charge in [0, 0.05) is 41.6 Å². The van der Waals surface area contributed by atoms with E-state index in [0.29, 0.717) is 0 Å². The summed E-state index contributed by atoms with van der Waals surface area (Å²) in [4.78, 5) is 8.78. The van der Waals surface area contributed by atoms with Crippen LogP contribution in [0.1, 0.15) is 25.3 Å². The lowest BCUT2D eigenvalue weighted by atomic mass is 9.91. The minimum atomic E-state index is -0.308. The predicted molar refractivity (Wildman–Crippen MR) is 87.5 cm³/mol. The summed E-state index contributed by atoms with van der Waals surface area (Å²) in [5.74, 6) is 1.01. The highest BCUT2D eigenvalue weighted by molar-refractivity contribution is 5.77. The molecule has 110 valence electrons. The molecule has 0 radical (unpaired) electrons. The molecule has 2 aromatic heterocycles. The number of anilines is 1. The lowest BCUT2D eigenvalue weighted by Gasteiger charge is -2.42. The summed E-state index contributed by atoms with van der Waals surface area (Å²) in [7, 11) is 0. The quantitative estimate of drug-likeness (QED) is 0.796. The van der Waals surface area contributed by atoms with E-state index in [1.807, 2.05) is 18.6 Å². The molecule has 0 aliphatic carbocycles. The molecule has 4 rings (SSSR count). The smallest absolute Gasteiger partial charge is 0.144 e. The zero-order valence-corrected chi connectivity index (χ0v) is 12.5. The van der Waals surface area contributed by atoms with E-state index in [4.69, 9.17) is 0 Å². The van der Waals surface area contributed by atoms with Crippen LogP contribution in [0.3, 0.4) is 0 Å². The van der Waals surface area contributed by atoms with Crippen LogP contribution in [0.2, 0.25) is 0 Å². The Bertz CT molecular complexity index is 794. The zero-order valence-electron chi connectivity index (χ0n) is 12.5. The van der Waals surface area contributed by atoms with Crippen molar-refractivity contribution in [2.24, 2.45) is 0 Å². The van der Waals surface area contributed by atoms with Gasteiger partial charge in [0.1, 0.15) is 11.5 Å². The number of rotatable bonds is 3. The molecule has 0 bridgehead atoms. The molecule has 1 atom stereocenters. The van der Waals surface area contributed by atoms with Gasteiger partial charge in [0.2, 0.25) is 0 Å². The fourth-order valence-electron chi connectivity index (χ4n) is 3.41. The predicted octanol–water partition coefficient (Wildman–Crippen LogP) is 3.87. The topological polar surface area (TPSA) is 42.7 Å². The van der Waals surface area contributed by atoms with Crippen molar-refractivity contribution in [3.05, 3.63) is 66.7 Å². The van der Waals surface area contributed by atoms with Crippen molar-refractivity contribution >= 4 is 5.69 Å². The van der Waals surface area contributed by atoms with E-state index < -0.39 is 0 Å². The number of nitrogens with one attached hydrogen (secondary N) is 1. The average Bonchev–Trinajstić information content (AvgIpc) is 3.07. The van der Waals surface area contributed by atoms with E-state index in [0.717, 1.165) is 29.9 Å². The molecule has 0 saturated carbocycles. The number of benzene rings is 1. The van der Waals surface area contributed by atoms with Crippen molar-refractivity contribution < 1.29 is 0 Å². The average molecular weight is 290 g/mol. The van der Waals surface area contributed by atoms with Crippen LogP contribution >= 0.6 is 0 Å². The Morgan fingerprint density at radius 1 is 1.09 bits per heavy atom. The van der Waals surface area contributed by atoms with Crippen molar-refractivity contribution in [1.29, 1.82) is 0 Å². The summed E-state index contributed by atoms with van der Waals surface area (Å²) in [5.41, 5.74) is 3.18. The Balaban J connectivity index is 1.98. The second-order valence-corrected chi connectivity index (χ2v) is 5.64. The van der Waals surface area contributed by atoms with Crippen LogP contribution in [0.4, 0.5) is 5.69 Å². The number of fused-ring (bicyclic) bond motifs is 3. The van der Waals surface area contributed by atoms with Gasteiger partial charge in [-0.05, 0) is 30.7 Å². The molecule has 1 aliphatic heterocycles. The maximum Gasteiger partial charge on any atom is 0.144 e. The summed E-state index contributed by atoms with van der Waals surface area (Å²) in [6, 6.07) is 12.5. The van der Waals surface area contributed by atoms with Crippen LogP contribution < -0.4 is 5.32 Å². The molecule has 1 unspecified atom stereocenters. The first kappa shape index (κ1) is 13.1. The van der Waals surface area contributed by atoms with Gasteiger partial charge in [-0.2, -0.15) is 0 Å². The van der Waals surface area contributed by atoms with E-state index in [1.165, 1.54) is 5.56 Å². The SMILES string of the molecule is CCCC1(c2ccncc2)Nc2ccccc2-c2nccn21. The Labute approximate surface area is 129 Å². The molecule has 4 nitrogen and oxygen atoms in total. The van der Waals surface area contributed by atoms with E-state index in [2.05, 4.69) is 69.4 Å². The van der Waals surface area contributed by atoms with Crippen LogP contribution in [0.25, 0.3) is 11.4 Å². The first-order valence-electron chi connectivity index (χ1n) is 7.67. The first-order valence-corrected chi connectivity index (χ1v) is 7.67. The standard InChI is InChI=1S/C18H18N4/c1-2-9-18(14-7-10-19-11-8-14)21-16-6-4-3-5-15(16)17-20-12-13-22(17)18/h3-8,10-13,21H,2,9H2,1H3. The summed E-state index contributed by atoms with van der Waals surface area (Å²) in [6.45, 7) is 2.21. The number of para-hydroxylation sites is 1. The van der Waals surface area contributed by atoms with E-state index in [9.17, 15) is 0 Å². The molecule has 1 N–H and O–H groups in total. The molecule has 3 aromatic rings. The monoisotopic (exact) mass is 290 g/mol. The molecule has 0 amide bonds. The molecule has 1 aromatic carbocycles. The number of imidazole rings is 1. The van der Waals surface area contributed by atoms with Crippen LogP contribution in [0.15, 0.2) is 61.2 Å². The maximum atomic E-state index is 4.61. The van der Waals surface area contributed by atoms with Gasteiger partial charge >= 0.3 is 0 Å². The minimum absolute atomic E-state index is 0.308. The minimum Gasteiger partial charge on any atom is -0.358 e. The van der Waals surface area contributed by atoms with Gasteiger partial charge in [0.25, 0.3) is 0 Å². The maximum absolute atomic E-state index is 4.61. The fourth-order valence-corrected chi connectivity index (χ4v) is 3.41. The highest BCUT2D eigenvalue weighted by Gasteiger charge is 2.39. The second-order valence-electron chi connectivity index (χ2n) is 5.64. The van der Waals surface area contributed by atoms with E-state index in [-0.39, 0.29) is 5.66 Å². The van der Waals surface area contributed by atoms with Crippen molar-refractivity contribution in [2.75, 3.05) is 5.32 Å². The molecule has 0 fully saturated rings. The van der Waals surface area contributed by atoms with Gasteiger partial charge in [-0.1, -0.05) is 25.5 Å². The Kier molecular flexibility index (Phi) is 2.96. The highest BCUT2D eigenvalue weighted by Crippen LogP contribution is 2.43. The van der Waals surface area contributed by atoms with Crippen molar-refractivity contribution in [3.8, 4) is 11.4 Å². The Morgan fingerprint density at radius 2 is 1.91 bits per heavy atom. The molecule has 22 heavy (non-hydrogen) atoms. The van der Waals surface area contributed by atoms with Gasteiger partial charge in [-0.25, -0.2) is 4.98 Å². The molecular formula is C18H18N4. The van der Waals surface area contributed by atoms with Gasteiger partial charge in [0.05, 0.1) is 0 Å². The van der Waals surface area contributed by atoms with Crippen LogP contribution in [-0.4, -0.2) is 14.5 Å². The van der Waals surface area contributed by atoms with Crippen LogP contribution in [0, 0.1) is 0 Å². The number of aromatic nitrogens is 3. The summed E-state index contributed by atoms with van der Waals surface area (Å²) in [6.07, 6.45) is 9.69. The third kappa shape index (κ3) is 1.77. The van der Waals surface area contributed by atoms with Gasteiger partial charge in [-0.3, -0.25) is 4.98 Å². The highest BCUT2D eigenvalue weighted by atomic mass is 15.3. The fraction of sp³-hybridized carbons (Fsp3) is 0.222. The van der Waals surface area contributed by atoms with Crippen molar-refractivity contribution in [1.82, 2.24) is 14.5 Å².